The zero-order valence-electron chi connectivity index (χ0n) is 13.3. The highest BCUT2D eigenvalue weighted by Crippen LogP contribution is 2.28. The van der Waals surface area contributed by atoms with Crippen LogP contribution in [0.5, 0.6) is 0 Å². The number of nitrogens with zero attached hydrogens (tertiary/aromatic N) is 2. The van der Waals surface area contributed by atoms with Gasteiger partial charge in [-0.15, -0.1) is 0 Å². The summed E-state index contributed by atoms with van der Waals surface area (Å²) in [6, 6.07) is 4.08. The summed E-state index contributed by atoms with van der Waals surface area (Å²) in [6.07, 6.45) is 0.639. The van der Waals surface area contributed by atoms with E-state index in [0.29, 0.717) is 0 Å². The van der Waals surface area contributed by atoms with Gasteiger partial charge in [0.05, 0.1) is 37.6 Å². The van der Waals surface area contributed by atoms with E-state index in [4.69, 9.17) is 11.0 Å². The quantitative estimate of drug-likeness (QED) is 0.842. The number of benzene rings is 1. The number of carbonyl (C=O) groups excluding carboxylic acids is 2. The molecule has 9 heteroatoms. The summed E-state index contributed by atoms with van der Waals surface area (Å²) in [5.41, 5.74) is 4.51. The topological polar surface area (TPSA) is 107 Å². The molecular weight excluding hydrogens is 336 g/mol. The van der Waals surface area contributed by atoms with Crippen molar-refractivity contribution in [3.8, 4) is 11.8 Å². The number of halogens is 2. The predicted octanol–water partition coefficient (Wildman–Crippen LogP) is 1.71. The van der Waals surface area contributed by atoms with E-state index in [9.17, 15) is 18.4 Å². The number of anilines is 1. The number of nitrogens with two attached hydrogens (primary N) is 1. The monoisotopic (exact) mass is 349 g/mol. The molecule has 0 aliphatic rings. The number of methoxy groups -OCH3 is 2. The highest BCUT2D eigenvalue weighted by molar-refractivity contribution is 5.96. The van der Waals surface area contributed by atoms with Gasteiger partial charge >= 0.3 is 11.9 Å². The van der Waals surface area contributed by atoms with Gasteiger partial charge in [0, 0.05) is 11.8 Å². The average Bonchev–Trinajstić information content (AvgIpc) is 2.94. The standard InChI is InChI=1S/C16H13F2N3O4/c1-24-11(22)5-8-3-4-10(13(18)12(8)17)21-7-9(6-19)14(20)15(21)16(23)25-2/h3-4,7H,5,20H2,1-2H3. The lowest BCUT2D eigenvalue weighted by Gasteiger charge is -2.12. The van der Waals surface area contributed by atoms with Crippen molar-refractivity contribution in [3.05, 3.63) is 46.8 Å². The van der Waals surface area contributed by atoms with Crippen molar-refractivity contribution in [2.24, 2.45) is 0 Å². The van der Waals surface area contributed by atoms with Crippen molar-refractivity contribution in [2.45, 2.75) is 6.42 Å². The number of hydrogen-bond donors (Lipinski definition) is 1. The summed E-state index contributed by atoms with van der Waals surface area (Å²) in [5.74, 6) is -4.24. The van der Waals surface area contributed by atoms with Crippen LogP contribution in [0.3, 0.4) is 0 Å². The second kappa shape index (κ2) is 7.00. The van der Waals surface area contributed by atoms with E-state index in [1.165, 1.54) is 6.07 Å². The number of hydrogen-bond acceptors (Lipinski definition) is 6. The van der Waals surface area contributed by atoms with Crippen molar-refractivity contribution in [1.82, 2.24) is 4.57 Å². The van der Waals surface area contributed by atoms with E-state index >= 15 is 0 Å². The fourth-order valence-corrected chi connectivity index (χ4v) is 2.23. The molecule has 0 amide bonds. The largest absolute Gasteiger partial charge is 0.469 e. The number of esters is 2. The molecule has 2 N–H and O–H groups in total. The second-order valence-electron chi connectivity index (χ2n) is 4.90. The molecule has 0 atom stereocenters. The molecule has 0 unspecified atom stereocenters. The summed E-state index contributed by atoms with van der Waals surface area (Å²) in [5, 5.41) is 9.04. The average molecular weight is 349 g/mol. The zero-order valence-corrected chi connectivity index (χ0v) is 13.3. The van der Waals surface area contributed by atoms with E-state index in [0.717, 1.165) is 31.0 Å². The van der Waals surface area contributed by atoms with Crippen LogP contribution < -0.4 is 5.73 Å². The first-order valence-corrected chi connectivity index (χ1v) is 6.89. The minimum absolute atomic E-state index is 0.0983. The molecule has 0 saturated carbocycles. The van der Waals surface area contributed by atoms with Gasteiger partial charge < -0.3 is 19.8 Å². The predicted molar refractivity (Wildman–Crippen MR) is 81.9 cm³/mol. The normalized spacial score (nSPS) is 10.2. The van der Waals surface area contributed by atoms with Gasteiger partial charge in [0.2, 0.25) is 0 Å². The first-order valence-electron chi connectivity index (χ1n) is 6.89. The van der Waals surface area contributed by atoms with Crippen molar-refractivity contribution < 1.29 is 27.8 Å². The van der Waals surface area contributed by atoms with Crippen LogP contribution in [0.15, 0.2) is 18.3 Å². The van der Waals surface area contributed by atoms with Gasteiger partial charge in [-0.25, -0.2) is 13.6 Å². The number of rotatable bonds is 4. The molecule has 0 saturated heterocycles. The molecule has 0 aliphatic heterocycles. The fourth-order valence-electron chi connectivity index (χ4n) is 2.23. The van der Waals surface area contributed by atoms with Crippen LogP contribution in [0.1, 0.15) is 21.6 Å². The smallest absolute Gasteiger partial charge is 0.357 e. The van der Waals surface area contributed by atoms with Crippen molar-refractivity contribution in [3.63, 3.8) is 0 Å². The number of nitriles is 1. The van der Waals surface area contributed by atoms with Crippen LogP contribution >= 0.6 is 0 Å². The second-order valence-corrected chi connectivity index (χ2v) is 4.90. The van der Waals surface area contributed by atoms with E-state index in [1.54, 1.807) is 6.07 Å². The molecule has 2 aromatic rings. The number of nitrogen functional groups attached to an aromatic ring is 1. The fraction of sp³-hybridized carbons (Fsp3) is 0.188. The molecule has 0 radical (unpaired) electrons. The van der Waals surface area contributed by atoms with Crippen molar-refractivity contribution in [1.29, 1.82) is 5.26 Å². The third-order valence-electron chi connectivity index (χ3n) is 3.51. The summed E-state index contributed by atoms with van der Waals surface area (Å²) in [7, 11) is 2.21. The molecule has 0 aliphatic carbocycles. The summed E-state index contributed by atoms with van der Waals surface area (Å²) in [6.45, 7) is 0. The SMILES string of the molecule is COC(=O)Cc1ccc(-n2cc(C#N)c(N)c2C(=O)OC)c(F)c1F. The first kappa shape index (κ1) is 17.9. The summed E-state index contributed by atoms with van der Waals surface area (Å²) < 4.78 is 38.6. The first-order chi connectivity index (χ1) is 11.8. The molecule has 0 bridgehead atoms. The Morgan fingerprint density at radius 2 is 1.92 bits per heavy atom. The van der Waals surface area contributed by atoms with Crippen LogP contribution in [0.25, 0.3) is 5.69 Å². The Bertz CT molecular complexity index is 900. The number of carbonyl (C=O) groups is 2. The van der Waals surface area contributed by atoms with E-state index in [1.807, 2.05) is 0 Å². The van der Waals surface area contributed by atoms with Gasteiger partial charge in [-0.05, 0) is 6.07 Å². The van der Waals surface area contributed by atoms with Crippen molar-refractivity contribution >= 4 is 17.6 Å². The van der Waals surface area contributed by atoms with Gasteiger partial charge in [-0.2, -0.15) is 5.26 Å². The molecule has 7 nitrogen and oxygen atoms in total. The molecule has 25 heavy (non-hydrogen) atoms. The molecule has 0 fully saturated rings. The lowest BCUT2D eigenvalue weighted by Crippen LogP contribution is -2.13. The Kier molecular flexibility index (Phi) is 5.02. The zero-order chi connectivity index (χ0) is 18.7. The van der Waals surface area contributed by atoms with Crippen molar-refractivity contribution in [2.75, 3.05) is 20.0 Å². The molecular formula is C16H13F2N3O4. The van der Waals surface area contributed by atoms with Gasteiger partial charge in [-0.1, -0.05) is 6.07 Å². The van der Waals surface area contributed by atoms with Crippen LogP contribution in [0.2, 0.25) is 0 Å². The minimum atomic E-state index is -1.31. The molecule has 1 heterocycles. The molecule has 0 spiro atoms. The van der Waals surface area contributed by atoms with Gasteiger partial charge in [0.15, 0.2) is 17.3 Å². The molecule has 1 aromatic heterocycles. The van der Waals surface area contributed by atoms with Gasteiger partial charge in [-0.3, -0.25) is 4.79 Å². The van der Waals surface area contributed by atoms with Crippen LogP contribution in [-0.4, -0.2) is 30.7 Å². The van der Waals surface area contributed by atoms with E-state index < -0.39 is 30.0 Å². The molecule has 1 aromatic carbocycles. The van der Waals surface area contributed by atoms with Gasteiger partial charge in [0.25, 0.3) is 0 Å². The maximum absolute atomic E-state index is 14.5. The minimum Gasteiger partial charge on any atom is -0.469 e. The molecule has 2 rings (SSSR count). The third kappa shape index (κ3) is 3.14. The lowest BCUT2D eigenvalue weighted by molar-refractivity contribution is -0.139. The lowest BCUT2D eigenvalue weighted by atomic mass is 10.1. The van der Waals surface area contributed by atoms with E-state index in [-0.39, 0.29) is 28.2 Å². The number of ether oxygens (including phenoxy) is 2. The number of aromatic nitrogens is 1. The van der Waals surface area contributed by atoms with Crippen LogP contribution in [0.4, 0.5) is 14.5 Å². The maximum Gasteiger partial charge on any atom is 0.357 e. The van der Waals surface area contributed by atoms with Gasteiger partial charge in [0.1, 0.15) is 6.07 Å². The Balaban J connectivity index is 2.64. The van der Waals surface area contributed by atoms with Crippen LogP contribution in [0, 0.1) is 23.0 Å². The summed E-state index contributed by atoms with van der Waals surface area (Å²) >= 11 is 0. The third-order valence-corrected chi connectivity index (χ3v) is 3.51. The Morgan fingerprint density at radius 3 is 2.48 bits per heavy atom. The summed E-state index contributed by atoms with van der Waals surface area (Å²) in [4.78, 5) is 23.1. The highest BCUT2D eigenvalue weighted by atomic mass is 19.2. The Morgan fingerprint density at radius 1 is 1.24 bits per heavy atom. The van der Waals surface area contributed by atoms with Crippen LogP contribution in [-0.2, 0) is 20.7 Å². The van der Waals surface area contributed by atoms with E-state index in [2.05, 4.69) is 9.47 Å². The Hall–Kier alpha value is -3.41. The molecule has 130 valence electrons. The Labute approximate surface area is 141 Å². The highest BCUT2D eigenvalue weighted by Gasteiger charge is 2.25. The maximum atomic E-state index is 14.5.